The van der Waals surface area contributed by atoms with Crippen molar-refractivity contribution in [1.29, 1.82) is 0 Å². The van der Waals surface area contributed by atoms with Crippen LogP contribution in [-0.4, -0.2) is 20.0 Å². The molecule has 0 bridgehead atoms. The third kappa shape index (κ3) is 2.87. The summed E-state index contributed by atoms with van der Waals surface area (Å²) in [6.07, 6.45) is 0. The van der Waals surface area contributed by atoms with Gasteiger partial charge < -0.3 is 5.11 Å². The molecule has 0 aromatic carbocycles. The van der Waals surface area contributed by atoms with Gasteiger partial charge in [0.25, 0.3) is 0 Å². The van der Waals surface area contributed by atoms with E-state index in [9.17, 15) is 4.79 Å². The second kappa shape index (κ2) is 3.91. The van der Waals surface area contributed by atoms with Crippen LogP contribution in [0.1, 0.15) is 6.92 Å². The van der Waals surface area contributed by atoms with Crippen LogP contribution < -0.4 is 0 Å². The fraction of sp³-hybridized carbons (Fsp3) is 0.500. The number of halogens is 1. The molecule has 0 rings (SSSR count). The summed E-state index contributed by atoms with van der Waals surface area (Å²) in [6, 6.07) is 0. The van der Waals surface area contributed by atoms with Crippen LogP contribution in [-0.2, 0) is 9.68 Å². The zero-order valence-electron chi connectivity index (χ0n) is 4.70. The second-order valence-corrected chi connectivity index (χ2v) is 2.62. The first-order valence-corrected chi connectivity index (χ1v) is 3.34. The van der Waals surface area contributed by atoms with Gasteiger partial charge in [0.15, 0.2) is 0 Å². The fourth-order valence-electron chi connectivity index (χ4n) is 0.180. The largest absolute Gasteiger partial charge is 0.481 e. The summed E-state index contributed by atoms with van der Waals surface area (Å²) < 4.78 is 0.0956. The van der Waals surface area contributed by atoms with E-state index in [0.717, 1.165) is 0 Å². The van der Waals surface area contributed by atoms with Crippen molar-refractivity contribution < 1.29 is 20.0 Å². The number of hydrogen-bond acceptors (Lipinski definition) is 3. The average molecular weight is 246 g/mol. The summed E-state index contributed by atoms with van der Waals surface area (Å²) in [5.41, 5.74) is 0. The summed E-state index contributed by atoms with van der Waals surface area (Å²) in [7, 11) is 0. The molecule has 4 nitrogen and oxygen atoms in total. The molecule has 1 unspecified atom stereocenters. The molecule has 54 valence electrons. The SMILES string of the molecule is CC(C(=O)O)C(=[IH])OO. The van der Waals surface area contributed by atoms with Crippen LogP contribution in [0, 0.1) is 5.92 Å². The maximum absolute atomic E-state index is 10.1. The van der Waals surface area contributed by atoms with Crippen molar-refractivity contribution in [3.63, 3.8) is 0 Å². The molecule has 0 heterocycles. The van der Waals surface area contributed by atoms with Crippen LogP contribution in [0.4, 0.5) is 0 Å². The number of carboxylic acid groups (broad SMARTS) is 1. The van der Waals surface area contributed by atoms with Crippen molar-refractivity contribution in [1.82, 2.24) is 0 Å². The zero-order chi connectivity index (χ0) is 7.44. The number of aliphatic carboxylic acids is 1. The van der Waals surface area contributed by atoms with Gasteiger partial charge in [-0.15, -0.1) is 22.1 Å². The Morgan fingerprint density at radius 2 is 2.22 bits per heavy atom. The van der Waals surface area contributed by atoms with Crippen molar-refractivity contribution in [3.05, 3.63) is 0 Å². The van der Waals surface area contributed by atoms with Crippen LogP contribution in [0.3, 0.4) is 0 Å². The minimum Gasteiger partial charge on any atom is -0.481 e. The number of hydrogen-bond donors (Lipinski definition) is 2. The highest BCUT2D eigenvalue weighted by molar-refractivity contribution is 14.1. The topological polar surface area (TPSA) is 66.8 Å². The Labute approximate surface area is 65.0 Å². The fourth-order valence-corrected chi connectivity index (χ4v) is 0.468. The molecular weight excluding hydrogens is 239 g/mol. The first-order valence-electron chi connectivity index (χ1n) is 2.17. The lowest BCUT2D eigenvalue weighted by molar-refractivity contribution is -0.161. The van der Waals surface area contributed by atoms with Gasteiger partial charge >= 0.3 is 5.97 Å². The maximum Gasteiger partial charge on any atom is 0.313 e. The van der Waals surface area contributed by atoms with Gasteiger partial charge in [0, 0.05) is 0 Å². The lowest BCUT2D eigenvalue weighted by Crippen LogP contribution is -2.19. The van der Waals surface area contributed by atoms with E-state index in [0.29, 0.717) is 0 Å². The molecule has 0 saturated heterocycles. The Morgan fingerprint density at radius 3 is 2.33 bits per heavy atom. The quantitative estimate of drug-likeness (QED) is 0.432. The van der Waals surface area contributed by atoms with E-state index in [1.165, 1.54) is 29.0 Å². The monoisotopic (exact) mass is 246 g/mol. The highest BCUT2D eigenvalue weighted by Crippen LogP contribution is 2.00. The third-order valence-electron chi connectivity index (χ3n) is 0.814. The van der Waals surface area contributed by atoms with E-state index in [1.54, 1.807) is 0 Å². The Bertz CT molecular complexity index is 133. The van der Waals surface area contributed by atoms with E-state index < -0.39 is 11.9 Å². The molecule has 0 fully saturated rings. The van der Waals surface area contributed by atoms with Gasteiger partial charge in [-0.3, -0.25) is 4.79 Å². The summed E-state index contributed by atoms with van der Waals surface area (Å²) in [5.74, 6) is -1.76. The molecule has 5 heteroatoms. The Morgan fingerprint density at radius 1 is 1.78 bits per heavy atom. The summed E-state index contributed by atoms with van der Waals surface area (Å²) in [4.78, 5) is 13.8. The highest BCUT2D eigenvalue weighted by atomic mass is 127. The maximum atomic E-state index is 10.1. The lowest BCUT2D eigenvalue weighted by atomic mass is 10.2. The minimum absolute atomic E-state index is 0.0956. The molecule has 0 aromatic heterocycles. The molecule has 0 aromatic rings. The number of rotatable bonds is 3. The van der Waals surface area contributed by atoms with Gasteiger partial charge in [-0.1, -0.05) is 0 Å². The minimum atomic E-state index is -1.01. The van der Waals surface area contributed by atoms with Gasteiger partial charge in [-0.2, -0.15) is 4.89 Å². The highest BCUT2D eigenvalue weighted by Gasteiger charge is 2.15. The van der Waals surface area contributed by atoms with Crippen molar-refractivity contribution in [2.24, 2.45) is 5.92 Å². The van der Waals surface area contributed by atoms with Crippen LogP contribution in [0.15, 0.2) is 0 Å². The van der Waals surface area contributed by atoms with E-state index in [2.05, 4.69) is 4.89 Å². The van der Waals surface area contributed by atoms with Gasteiger partial charge in [0.05, 0.1) is 0 Å². The molecule has 2 N–H and O–H groups in total. The molecule has 0 aliphatic heterocycles. The Hall–Kier alpha value is -0.0100. The lowest BCUT2D eigenvalue weighted by Gasteiger charge is -2.02. The molecule has 0 aliphatic rings. The molecule has 0 aliphatic carbocycles. The predicted molar refractivity (Wildman–Crippen MR) is 40.9 cm³/mol. The van der Waals surface area contributed by atoms with Crippen LogP contribution >= 0.6 is 22.1 Å². The van der Waals surface area contributed by atoms with Gasteiger partial charge in [0.2, 0.25) is 0 Å². The van der Waals surface area contributed by atoms with Gasteiger partial charge in [0.1, 0.15) is 9.61 Å². The van der Waals surface area contributed by atoms with E-state index in [4.69, 9.17) is 10.4 Å². The Balaban J connectivity index is 3.88. The van der Waals surface area contributed by atoms with Crippen LogP contribution in [0.25, 0.3) is 0 Å². The first-order chi connectivity index (χ1) is 4.09. The van der Waals surface area contributed by atoms with Crippen molar-refractivity contribution in [2.75, 3.05) is 0 Å². The molecule has 0 radical (unpaired) electrons. The molecule has 0 amide bonds. The average Bonchev–Trinajstić information content (AvgIpc) is 1.84. The van der Waals surface area contributed by atoms with Crippen LogP contribution in [0.2, 0.25) is 0 Å². The van der Waals surface area contributed by atoms with Crippen molar-refractivity contribution in [2.45, 2.75) is 6.92 Å². The molecule has 9 heavy (non-hydrogen) atoms. The van der Waals surface area contributed by atoms with Crippen molar-refractivity contribution >= 4 is 31.8 Å². The summed E-state index contributed by atoms with van der Waals surface area (Å²) in [6.45, 7) is 1.43. The number of carbonyl (C=O) groups is 1. The first kappa shape index (κ1) is 8.99. The van der Waals surface area contributed by atoms with E-state index in [1.807, 2.05) is 0 Å². The second-order valence-electron chi connectivity index (χ2n) is 1.47. The van der Waals surface area contributed by atoms with E-state index >= 15 is 0 Å². The van der Waals surface area contributed by atoms with Gasteiger partial charge in [-0.25, -0.2) is 5.26 Å². The van der Waals surface area contributed by atoms with Crippen LogP contribution in [0.5, 0.6) is 0 Å². The summed E-state index contributed by atoms with van der Waals surface area (Å²) in [5, 5.41) is 16.2. The standard InChI is InChI=1S/C4H7IO4/c1-2(4(6)7)3(5)9-8/h2,5,8H,1H3,(H,6,7). The van der Waals surface area contributed by atoms with Gasteiger partial charge in [-0.05, 0) is 6.92 Å². The smallest absolute Gasteiger partial charge is 0.313 e. The molecular formula is C4H7IO4. The van der Waals surface area contributed by atoms with Crippen molar-refractivity contribution in [3.8, 4) is 0 Å². The molecule has 0 saturated carbocycles. The third-order valence-corrected chi connectivity index (χ3v) is 2.04. The zero-order valence-corrected chi connectivity index (χ0v) is 7.03. The predicted octanol–water partition coefficient (Wildman–Crippen LogP) is 0.494. The summed E-state index contributed by atoms with van der Waals surface area (Å²) >= 11 is 1.33. The molecule has 0 spiro atoms. The molecule has 1 atom stereocenters. The van der Waals surface area contributed by atoms with E-state index in [-0.39, 0.29) is 3.69 Å². The normalized spacial score (nSPS) is 12.8. The Kier molecular flexibility index (Phi) is 3.91. The number of carboxylic acids is 1.